The number of imidazole rings is 1. The van der Waals surface area contributed by atoms with E-state index in [1.165, 1.54) is 11.6 Å². The van der Waals surface area contributed by atoms with Gasteiger partial charge in [-0.3, -0.25) is 4.79 Å². The molecule has 0 radical (unpaired) electrons. The molecule has 0 bridgehead atoms. The average molecular weight is 324 g/mol. The van der Waals surface area contributed by atoms with Crippen LogP contribution < -0.4 is 4.90 Å². The van der Waals surface area contributed by atoms with E-state index in [0.717, 1.165) is 15.7 Å². The molecule has 0 amide bonds. The molecule has 0 saturated heterocycles. The van der Waals surface area contributed by atoms with Crippen molar-refractivity contribution in [3.05, 3.63) is 21.7 Å². The number of halogens is 3. The fourth-order valence-corrected chi connectivity index (χ4v) is 2.43. The lowest BCUT2D eigenvalue weighted by Gasteiger charge is -2.21. The molecule has 21 heavy (non-hydrogen) atoms. The summed E-state index contributed by atoms with van der Waals surface area (Å²) in [5.74, 6) is -2.87. The molecule has 0 aliphatic rings. The predicted octanol–water partition coefficient (Wildman–Crippen LogP) is 1.76. The van der Waals surface area contributed by atoms with Crippen LogP contribution in [0.5, 0.6) is 0 Å². The van der Waals surface area contributed by atoms with Crippen LogP contribution in [0.25, 0.3) is 4.96 Å². The molecule has 0 fully saturated rings. The zero-order valence-electron chi connectivity index (χ0n) is 10.1. The van der Waals surface area contributed by atoms with Crippen molar-refractivity contribution >= 4 is 33.9 Å². The smallest absolute Gasteiger partial charge is 0.405 e. The molecule has 0 aliphatic heterocycles. The summed E-state index contributed by atoms with van der Waals surface area (Å²) in [7, 11) is 0. The number of aliphatic carboxylic acids is 1. The summed E-state index contributed by atoms with van der Waals surface area (Å²) in [4.78, 5) is 25.0. The van der Waals surface area contributed by atoms with Crippen LogP contribution in [0.4, 0.5) is 24.8 Å². The van der Waals surface area contributed by atoms with Crippen LogP contribution in [0.3, 0.4) is 0 Å². The molecule has 0 aliphatic carbocycles. The first-order valence-corrected chi connectivity index (χ1v) is 6.20. The maximum Gasteiger partial charge on any atom is 0.405 e. The van der Waals surface area contributed by atoms with Crippen molar-refractivity contribution in [2.75, 3.05) is 18.0 Å². The molecule has 2 aromatic heterocycles. The summed E-state index contributed by atoms with van der Waals surface area (Å²) in [6, 6.07) is 0. The lowest BCUT2D eigenvalue weighted by atomic mass is 10.4. The highest BCUT2D eigenvalue weighted by molar-refractivity contribution is 7.15. The fraction of sp³-hybridized carbons (Fsp3) is 0.333. The minimum Gasteiger partial charge on any atom is -0.480 e. The van der Waals surface area contributed by atoms with E-state index in [9.17, 15) is 28.1 Å². The third kappa shape index (κ3) is 3.21. The van der Waals surface area contributed by atoms with E-state index in [0.29, 0.717) is 4.90 Å². The monoisotopic (exact) mass is 324 g/mol. The third-order valence-electron chi connectivity index (χ3n) is 2.39. The minimum absolute atomic E-state index is 0.106. The van der Waals surface area contributed by atoms with Crippen molar-refractivity contribution in [3.8, 4) is 0 Å². The summed E-state index contributed by atoms with van der Waals surface area (Å²) in [6.45, 7) is -2.70. The molecule has 0 atom stereocenters. The van der Waals surface area contributed by atoms with Crippen LogP contribution in [0, 0.1) is 10.1 Å². The summed E-state index contributed by atoms with van der Waals surface area (Å²) in [5, 5.41) is 21.2. The van der Waals surface area contributed by atoms with Gasteiger partial charge in [-0.2, -0.15) is 22.6 Å². The Balaban J connectivity index is 2.52. The van der Waals surface area contributed by atoms with Gasteiger partial charge in [-0.05, 0) is 4.92 Å². The number of carboxylic acids is 1. The molecule has 114 valence electrons. The van der Waals surface area contributed by atoms with Crippen molar-refractivity contribution in [1.82, 2.24) is 9.38 Å². The molecule has 2 heterocycles. The predicted molar refractivity (Wildman–Crippen MR) is 65.6 cm³/mol. The molecular formula is C9H7F3N4O4S. The van der Waals surface area contributed by atoms with Crippen molar-refractivity contribution < 1.29 is 28.0 Å². The van der Waals surface area contributed by atoms with Crippen LogP contribution in [0.2, 0.25) is 0 Å². The number of anilines is 1. The number of carboxylic acid groups (broad SMARTS) is 1. The van der Waals surface area contributed by atoms with Gasteiger partial charge in [-0.25, -0.2) is 0 Å². The molecule has 0 unspecified atom stereocenters. The number of nitrogens with zero attached hydrogens (tertiary/aromatic N) is 4. The molecule has 2 rings (SSSR count). The first-order chi connectivity index (χ1) is 9.69. The number of hydrogen-bond acceptors (Lipinski definition) is 6. The second kappa shape index (κ2) is 5.20. The Morgan fingerprint density at radius 3 is 2.76 bits per heavy atom. The van der Waals surface area contributed by atoms with Crippen molar-refractivity contribution in [3.63, 3.8) is 0 Å². The van der Waals surface area contributed by atoms with Crippen LogP contribution in [0.1, 0.15) is 0 Å². The number of thiazole rings is 1. The lowest BCUT2D eigenvalue weighted by Crippen LogP contribution is -2.38. The molecule has 2 aromatic rings. The van der Waals surface area contributed by atoms with E-state index in [2.05, 4.69) is 4.98 Å². The maximum atomic E-state index is 12.5. The number of alkyl halides is 3. The summed E-state index contributed by atoms with van der Waals surface area (Å²) >= 11 is 0.986. The SMILES string of the molecule is O=C(O)CN(CC(F)(F)F)c1nc2sccn2c1[N+](=O)[O-]. The third-order valence-corrected chi connectivity index (χ3v) is 3.14. The average Bonchev–Trinajstić information content (AvgIpc) is 2.82. The van der Waals surface area contributed by atoms with E-state index < -0.39 is 41.8 Å². The summed E-state index contributed by atoms with van der Waals surface area (Å²) < 4.78 is 38.6. The van der Waals surface area contributed by atoms with Crippen molar-refractivity contribution in [1.29, 1.82) is 0 Å². The first kappa shape index (κ1) is 15.0. The summed E-state index contributed by atoms with van der Waals surface area (Å²) in [5.41, 5.74) is 0. The Kier molecular flexibility index (Phi) is 3.72. The molecule has 0 aromatic carbocycles. The van der Waals surface area contributed by atoms with E-state index in [-0.39, 0.29) is 4.96 Å². The number of carbonyl (C=O) groups is 1. The second-order valence-electron chi connectivity index (χ2n) is 3.94. The Labute approximate surface area is 118 Å². The highest BCUT2D eigenvalue weighted by Crippen LogP contribution is 2.32. The highest BCUT2D eigenvalue weighted by atomic mass is 32.1. The largest absolute Gasteiger partial charge is 0.480 e. The van der Waals surface area contributed by atoms with Gasteiger partial charge in [0.15, 0.2) is 0 Å². The van der Waals surface area contributed by atoms with Crippen LogP contribution in [0.15, 0.2) is 11.6 Å². The van der Waals surface area contributed by atoms with Gasteiger partial charge >= 0.3 is 18.0 Å². The van der Waals surface area contributed by atoms with Crippen molar-refractivity contribution in [2.45, 2.75) is 6.18 Å². The zero-order valence-corrected chi connectivity index (χ0v) is 10.9. The number of fused-ring (bicyclic) bond motifs is 1. The quantitative estimate of drug-likeness (QED) is 0.664. The topological polar surface area (TPSA) is 101 Å². The van der Waals surface area contributed by atoms with Gasteiger partial charge in [0.2, 0.25) is 5.82 Å². The Hall–Kier alpha value is -2.37. The molecule has 0 spiro atoms. The van der Waals surface area contributed by atoms with Gasteiger partial charge in [0.25, 0.3) is 4.96 Å². The van der Waals surface area contributed by atoms with Gasteiger partial charge < -0.3 is 20.1 Å². The van der Waals surface area contributed by atoms with E-state index in [1.54, 1.807) is 0 Å². The maximum absolute atomic E-state index is 12.5. The van der Waals surface area contributed by atoms with Gasteiger partial charge in [-0.15, -0.1) is 0 Å². The van der Waals surface area contributed by atoms with Crippen molar-refractivity contribution in [2.24, 2.45) is 0 Å². The molecular weight excluding hydrogens is 317 g/mol. The van der Waals surface area contributed by atoms with E-state index >= 15 is 0 Å². The second-order valence-corrected chi connectivity index (χ2v) is 4.81. The van der Waals surface area contributed by atoms with E-state index in [4.69, 9.17) is 5.11 Å². The number of nitro groups is 1. The van der Waals surface area contributed by atoms with Crippen LogP contribution in [-0.4, -0.2) is 44.6 Å². The van der Waals surface area contributed by atoms with Gasteiger partial charge in [0.05, 0.1) is 0 Å². The van der Waals surface area contributed by atoms with E-state index in [1.807, 2.05) is 0 Å². The summed E-state index contributed by atoms with van der Waals surface area (Å²) in [6.07, 6.45) is -3.44. The number of hydrogen-bond donors (Lipinski definition) is 1. The first-order valence-electron chi connectivity index (χ1n) is 5.32. The van der Waals surface area contributed by atoms with Crippen LogP contribution in [-0.2, 0) is 4.79 Å². The standard InChI is InChI=1S/C9H7F3N4O4S/c10-9(11,12)4-14(3-5(17)18)6-7(16(19)20)15-1-2-21-8(15)13-6/h1-2H,3-4H2,(H,17,18). The van der Waals surface area contributed by atoms with Gasteiger partial charge in [0.1, 0.15) is 19.3 Å². The highest BCUT2D eigenvalue weighted by Gasteiger charge is 2.37. The number of rotatable bonds is 5. The van der Waals surface area contributed by atoms with Gasteiger partial charge in [-0.1, -0.05) is 11.3 Å². The molecule has 1 N–H and O–H groups in total. The molecule has 0 saturated carbocycles. The lowest BCUT2D eigenvalue weighted by molar-refractivity contribution is -0.389. The molecule has 8 nitrogen and oxygen atoms in total. The minimum atomic E-state index is -4.72. The van der Waals surface area contributed by atoms with Crippen LogP contribution >= 0.6 is 11.3 Å². The Morgan fingerprint density at radius 2 is 2.24 bits per heavy atom. The fourth-order valence-electron chi connectivity index (χ4n) is 1.73. The number of aromatic nitrogens is 2. The Bertz CT molecular complexity index is 695. The van der Waals surface area contributed by atoms with Gasteiger partial charge in [0, 0.05) is 5.38 Å². The normalized spacial score (nSPS) is 11.8. The molecule has 12 heteroatoms. The Morgan fingerprint density at radius 1 is 1.57 bits per heavy atom. The zero-order chi connectivity index (χ0) is 15.8.